The lowest BCUT2D eigenvalue weighted by Crippen LogP contribution is -2.14. The number of unbranched alkanes of at least 4 members (excludes halogenated alkanes) is 1. The zero-order valence-corrected chi connectivity index (χ0v) is 12.4. The van der Waals surface area contributed by atoms with Crippen LogP contribution >= 0.6 is 0 Å². The van der Waals surface area contributed by atoms with Crippen molar-refractivity contribution in [3.8, 4) is 0 Å². The molecule has 4 heteroatoms. The van der Waals surface area contributed by atoms with Crippen LogP contribution in [0.25, 0.3) is 0 Å². The van der Waals surface area contributed by atoms with E-state index < -0.39 is 0 Å². The summed E-state index contributed by atoms with van der Waals surface area (Å²) in [5, 5.41) is 2.80. The SMILES string of the molecule is CCCCOC(=O)c1ccc(NC(=O)CC(C)C)cc1. The van der Waals surface area contributed by atoms with Gasteiger partial charge < -0.3 is 10.1 Å². The van der Waals surface area contributed by atoms with Crippen LogP contribution < -0.4 is 5.32 Å². The summed E-state index contributed by atoms with van der Waals surface area (Å²) in [6.45, 7) is 6.48. The van der Waals surface area contributed by atoms with Gasteiger partial charge >= 0.3 is 5.97 Å². The minimum absolute atomic E-state index is 0.0155. The molecule has 0 aliphatic rings. The second-order valence-corrected chi connectivity index (χ2v) is 5.21. The van der Waals surface area contributed by atoms with Gasteiger partial charge in [0.1, 0.15) is 0 Å². The fraction of sp³-hybridized carbons (Fsp3) is 0.500. The first-order valence-corrected chi connectivity index (χ1v) is 7.10. The van der Waals surface area contributed by atoms with Gasteiger partial charge in [-0.1, -0.05) is 27.2 Å². The number of ether oxygens (including phenoxy) is 1. The number of carbonyl (C=O) groups is 2. The summed E-state index contributed by atoms with van der Waals surface area (Å²) in [4.78, 5) is 23.3. The van der Waals surface area contributed by atoms with E-state index in [1.165, 1.54) is 0 Å². The third-order valence-corrected chi connectivity index (χ3v) is 2.73. The first-order chi connectivity index (χ1) is 9.52. The molecule has 1 aromatic rings. The summed E-state index contributed by atoms with van der Waals surface area (Å²) >= 11 is 0. The number of carbonyl (C=O) groups excluding carboxylic acids is 2. The van der Waals surface area contributed by atoms with Gasteiger partial charge in [0.15, 0.2) is 0 Å². The Labute approximate surface area is 120 Å². The van der Waals surface area contributed by atoms with Crippen molar-refractivity contribution < 1.29 is 14.3 Å². The summed E-state index contributed by atoms with van der Waals surface area (Å²) in [7, 11) is 0. The van der Waals surface area contributed by atoms with Gasteiger partial charge in [0, 0.05) is 12.1 Å². The van der Waals surface area contributed by atoms with Gasteiger partial charge in [0.25, 0.3) is 0 Å². The lowest BCUT2D eigenvalue weighted by atomic mass is 10.1. The lowest BCUT2D eigenvalue weighted by molar-refractivity contribution is -0.116. The minimum atomic E-state index is -0.321. The molecule has 110 valence electrons. The van der Waals surface area contributed by atoms with Gasteiger partial charge in [-0.25, -0.2) is 4.79 Å². The highest BCUT2D eigenvalue weighted by molar-refractivity contribution is 5.93. The quantitative estimate of drug-likeness (QED) is 0.611. The van der Waals surface area contributed by atoms with Crippen LogP contribution in [-0.2, 0) is 9.53 Å². The van der Waals surface area contributed by atoms with E-state index in [1.54, 1.807) is 24.3 Å². The van der Waals surface area contributed by atoms with Gasteiger partial charge in [-0.3, -0.25) is 4.79 Å². The summed E-state index contributed by atoms with van der Waals surface area (Å²) in [5.41, 5.74) is 1.20. The molecular weight excluding hydrogens is 254 g/mol. The van der Waals surface area contributed by atoms with Crippen molar-refractivity contribution in [1.82, 2.24) is 0 Å². The Morgan fingerprint density at radius 1 is 1.20 bits per heavy atom. The van der Waals surface area contributed by atoms with Gasteiger partial charge in [-0.05, 0) is 36.6 Å². The largest absolute Gasteiger partial charge is 0.462 e. The molecule has 0 heterocycles. The van der Waals surface area contributed by atoms with Gasteiger partial charge in [-0.2, -0.15) is 0 Å². The smallest absolute Gasteiger partial charge is 0.338 e. The minimum Gasteiger partial charge on any atom is -0.462 e. The van der Waals surface area contributed by atoms with Crippen molar-refractivity contribution in [2.24, 2.45) is 5.92 Å². The lowest BCUT2D eigenvalue weighted by Gasteiger charge is -2.08. The molecule has 1 N–H and O–H groups in total. The zero-order chi connectivity index (χ0) is 15.0. The van der Waals surface area contributed by atoms with Crippen LogP contribution in [0.1, 0.15) is 50.4 Å². The molecule has 0 aliphatic carbocycles. The predicted molar refractivity (Wildman–Crippen MR) is 79.7 cm³/mol. The van der Waals surface area contributed by atoms with E-state index in [0.29, 0.717) is 30.2 Å². The fourth-order valence-electron chi connectivity index (χ4n) is 1.66. The second kappa shape index (κ2) is 8.35. The van der Waals surface area contributed by atoms with Crippen molar-refractivity contribution in [2.45, 2.75) is 40.0 Å². The van der Waals surface area contributed by atoms with E-state index in [4.69, 9.17) is 4.74 Å². The van der Waals surface area contributed by atoms with Crippen LogP contribution in [0.5, 0.6) is 0 Å². The molecular formula is C16H23NO3. The molecule has 1 rings (SSSR count). The van der Waals surface area contributed by atoms with Crippen molar-refractivity contribution in [2.75, 3.05) is 11.9 Å². The average Bonchev–Trinajstić information content (AvgIpc) is 2.38. The van der Waals surface area contributed by atoms with E-state index in [2.05, 4.69) is 5.32 Å². The maximum atomic E-state index is 11.7. The summed E-state index contributed by atoms with van der Waals surface area (Å²) < 4.78 is 5.12. The molecule has 0 saturated heterocycles. The van der Waals surface area contributed by atoms with Gasteiger partial charge in [0.05, 0.1) is 12.2 Å². The second-order valence-electron chi connectivity index (χ2n) is 5.21. The molecule has 20 heavy (non-hydrogen) atoms. The van der Waals surface area contributed by atoms with Crippen molar-refractivity contribution in [3.63, 3.8) is 0 Å². The van der Waals surface area contributed by atoms with Gasteiger partial charge in [0.2, 0.25) is 5.91 Å². The molecule has 0 aromatic heterocycles. The Kier molecular flexibility index (Phi) is 6.77. The van der Waals surface area contributed by atoms with Crippen LogP contribution in [0.3, 0.4) is 0 Å². The van der Waals surface area contributed by atoms with Crippen molar-refractivity contribution >= 4 is 17.6 Å². The van der Waals surface area contributed by atoms with Crippen LogP contribution in [0.4, 0.5) is 5.69 Å². The number of anilines is 1. The first kappa shape index (κ1) is 16.2. The Balaban J connectivity index is 2.51. The highest BCUT2D eigenvalue weighted by atomic mass is 16.5. The third-order valence-electron chi connectivity index (χ3n) is 2.73. The van der Waals surface area contributed by atoms with Crippen molar-refractivity contribution in [3.05, 3.63) is 29.8 Å². The molecule has 0 unspecified atom stereocenters. The van der Waals surface area contributed by atoms with Crippen LogP contribution in [0.2, 0.25) is 0 Å². The molecule has 0 aliphatic heterocycles. The molecule has 1 amide bonds. The molecule has 1 aromatic carbocycles. The normalized spacial score (nSPS) is 10.4. The fourth-order valence-corrected chi connectivity index (χ4v) is 1.66. The van der Waals surface area contributed by atoms with Crippen LogP contribution in [-0.4, -0.2) is 18.5 Å². The van der Waals surface area contributed by atoms with Crippen molar-refractivity contribution in [1.29, 1.82) is 0 Å². The van der Waals surface area contributed by atoms with E-state index in [9.17, 15) is 9.59 Å². The molecule has 0 fully saturated rings. The monoisotopic (exact) mass is 277 g/mol. The molecule has 0 saturated carbocycles. The zero-order valence-electron chi connectivity index (χ0n) is 12.4. The number of nitrogens with one attached hydrogen (secondary N) is 1. The summed E-state index contributed by atoms with van der Waals surface area (Å²) in [5.74, 6) is -0.0143. The van der Waals surface area contributed by atoms with E-state index in [0.717, 1.165) is 12.8 Å². The van der Waals surface area contributed by atoms with Gasteiger partial charge in [-0.15, -0.1) is 0 Å². The van der Waals surface area contributed by atoms with Crippen LogP contribution in [0, 0.1) is 5.92 Å². The number of hydrogen-bond donors (Lipinski definition) is 1. The topological polar surface area (TPSA) is 55.4 Å². The predicted octanol–water partition coefficient (Wildman–Crippen LogP) is 3.63. The standard InChI is InChI=1S/C16H23NO3/c1-4-5-10-20-16(19)13-6-8-14(9-7-13)17-15(18)11-12(2)3/h6-9,12H,4-5,10-11H2,1-3H3,(H,17,18). The summed E-state index contributed by atoms with van der Waals surface area (Å²) in [6, 6.07) is 6.77. The Morgan fingerprint density at radius 2 is 1.85 bits per heavy atom. The average molecular weight is 277 g/mol. The molecule has 0 radical (unpaired) electrons. The maximum absolute atomic E-state index is 11.7. The first-order valence-electron chi connectivity index (χ1n) is 7.10. The van der Waals surface area contributed by atoms with E-state index in [1.807, 2.05) is 20.8 Å². The number of benzene rings is 1. The summed E-state index contributed by atoms with van der Waals surface area (Å²) in [6.07, 6.45) is 2.35. The number of hydrogen-bond acceptors (Lipinski definition) is 3. The third kappa shape index (κ3) is 5.87. The molecule has 0 atom stereocenters. The Bertz CT molecular complexity index is 438. The van der Waals surface area contributed by atoms with E-state index in [-0.39, 0.29) is 11.9 Å². The number of rotatable bonds is 7. The van der Waals surface area contributed by atoms with Crippen LogP contribution in [0.15, 0.2) is 24.3 Å². The highest BCUT2D eigenvalue weighted by Gasteiger charge is 2.08. The number of amides is 1. The number of esters is 1. The maximum Gasteiger partial charge on any atom is 0.338 e. The molecule has 0 bridgehead atoms. The molecule has 4 nitrogen and oxygen atoms in total. The Hall–Kier alpha value is -1.84. The molecule has 0 spiro atoms. The highest BCUT2D eigenvalue weighted by Crippen LogP contribution is 2.12. The van der Waals surface area contributed by atoms with E-state index >= 15 is 0 Å². The Morgan fingerprint density at radius 3 is 2.40 bits per heavy atom.